The molecule has 0 aliphatic heterocycles. The van der Waals surface area contributed by atoms with E-state index in [4.69, 9.17) is 0 Å². The monoisotopic (exact) mass is 244 g/mol. The van der Waals surface area contributed by atoms with Gasteiger partial charge in [-0.3, -0.25) is 9.59 Å². The van der Waals surface area contributed by atoms with E-state index in [0.29, 0.717) is 0 Å². The maximum Gasteiger partial charge on any atom is 0.299 e. The number of ketones is 2. The molecule has 0 aromatic heterocycles. The predicted octanol–water partition coefficient (Wildman–Crippen LogP) is 2.36. The molecule has 0 bridgehead atoms. The van der Waals surface area contributed by atoms with Crippen LogP contribution in [0.15, 0.2) is 30.3 Å². The lowest BCUT2D eigenvalue weighted by atomic mass is 10.0. The lowest BCUT2D eigenvalue weighted by Gasteiger charge is -2.05. The molecule has 5 heteroatoms. The molecule has 0 aliphatic rings. The Hall–Kier alpha value is -1.65. The maximum absolute atomic E-state index is 13.0. The first kappa shape index (κ1) is 13.4. The van der Waals surface area contributed by atoms with Gasteiger partial charge in [0.25, 0.3) is 6.43 Å². The first-order valence-corrected chi connectivity index (χ1v) is 5.05. The summed E-state index contributed by atoms with van der Waals surface area (Å²) in [7, 11) is 0. The van der Waals surface area contributed by atoms with E-state index in [1.165, 1.54) is 0 Å². The van der Waals surface area contributed by atoms with E-state index in [0.717, 1.165) is 5.56 Å². The SMILES string of the molecule is O=C(CCc1ccccc1)C(F)C(=O)C(F)F. The summed E-state index contributed by atoms with van der Waals surface area (Å²) in [5.41, 5.74) is 0.789. The quantitative estimate of drug-likeness (QED) is 0.720. The Kier molecular flexibility index (Phi) is 4.87. The van der Waals surface area contributed by atoms with Crippen molar-refractivity contribution in [2.75, 3.05) is 0 Å². The molecule has 17 heavy (non-hydrogen) atoms. The van der Waals surface area contributed by atoms with Crippen LogP contribution in [-0.2, 0) is 16.0 Å². The van der Waals surface area contributed by atoms with Crippen molar-refractivity contribution in [3.8, 4) is 0 Å². The van der Waals surface area contributed by atoms with Gasteiger partial charge in [-0.15, -0.1) is 0 Å². The topological polar surface area (TPSA) is 34.1 Å². The Morgan fingerprint density at radius 2 is 1.65 bits per heavy atom. The third-order valence-electron chi connectivity index (χ3n) is 2.25. The first-order valence-electron chi connectivity index (χ1n) is 5.05. The van der Waals surface area contributed by atoms with E-state index in [-0.39, 0.29) is 12.8 Å². The second-order valence-corrected chi connectivity index (χ2v) is 3.52. The van der Waals surface area contributed by atoms with Crippen LogP contribution in [0.1, 0.15) is 12.0 Å². The minimum absolute atomic E-state index is 0.233. The molecule has 1 atom stereocenters. The van der Waals surface area contributed by atoms with E-state index >= 15 is 0 Å². The molecule has 1 aromatic carbocycles. The van der Waals surface area contributed by atoms with Crippen LogP contribution in [0.4, 0.5) is 13.2 Å². The second kappa shape index (κ2) is 6.18. The average molecular weight is 244 g/mol. The van der Waals surface area contributed by atoms with Gasteiger partial charge < -0.3 is 0 Å². The van der Waals surface area contributed by atoms with Gasteiger partial charge in [0.1, 0.15) is 0 Å². The number of benzene rings is 1. The van der Waals surface area contributed by atoms with Crippen molar-refractivity contribution in [1.29, 1.82) is 0 Å². The van der Waals surface area contributed by atoms with Crippen LogP contribution >= 0.6 is 0 Å². The number of hydrogen-bond acceptors (Lipinski definition) is 2. The Morgan fingerprint density at radius 1 is 1.06 bits per heavy atom. The van der Waals surface area contributed by atoms with Crippen molar-refractivity contribution in [3.05, 3.63) is 35.9 Å². The summed E-state index contributed by atoms with van der Waals surface area (Å²) < 4.78 is 36.7. The van der Waals surface area contributed by atoms with E-state index < -0.39 is 24.2 Å². The highest BCUT2D eigenvalue weighted by molar-refractivity contribution is 6.06. The molecule has 2 nitrogen and oxygen atoms in total. The van der Waals surface area contributed by atoms with Crippen molar-refractivity contribution in [2.24, 2.45) is 0 Å². The van der Waals surface area contributed by atoms with E-state index in [1.54, 1.807) is 30.3 Å². The number of rotatable bonds is 6. The van der Waals surface area contributed by atoms with Crippen LogP contribution in [0, 0.1) is 0 Å². The third kappa shape index (κ3) is 4.01. The molecule has 1 unspecified atom stereocenters. The molecule has 0 saturated heterocycles. The molecule has 0 amide bonds. The molecular formula is C12H11F3O2. The maximum atomic E-state index is 13.0. The number of halogens is 3. The molecule has 0 heterocycles. The van der Waals surface area contributed by atoms with Gasteiger partial charge >= 0.3 is 0 Å². The van der Waals surface area contributed by atoms with Crippen LogP contribution in [0.3, 0.4) is 0 Å². The van der Waals surface area contributed by atoms with Gasteiger partial charge in [-0.05, 0) is 12.0 Å². The van der Waals surface area contributed by atoms with Crippen molar-refractivity contribution < 1.29 is 22.8 Å². The van der Waals surface area contributed by atoms with Gasteiger partial charge in [0, 0.05) is 6.42 Å². The van der Waals surface area contributed by atoms with Gasteiger partial charge in [0.15, 0.2) is 5.78 Å². The zero-order chi connectivity index (χ0) is 12.8. The van der Waals surface area contributed by atoms with Gasteiger partial charge in [0.2, 0.25) is 12.0 Å². The fourth-order valence-electron chi connectivity index (χ4n) is 1.31. The lowest BCUT2D eigenvalue weighted by Crippen LogP contribution is -2.30. The van der Waals surface area contributed by atoms with Crippen molar-refractivity contribution in [1.82, 2.24) is 0 Å². The zero-order valence-electron chi connectivity index (χ0n) is 8.91. The summed E-state index contributed by atoms with van der Waals surface area (Å²) in [6.07, 6.45) is -6.18. The Bertz CT molecular complexity index is 390. The second-order valence-electron chi connectivity index (χ2n) is 3.52. The number of Topliss-reactive ketones (excluding diaryl/α,β-unsaturated/α-hetero) is 2. The highest BCUT2D eigenvalue weighted by atomic mass is 19.3. The van der Waals surface area contributed by atoms with Crippen LogP contribution in [0.2, 0.25) is 0 Å². The fourth-order valence-corrected chi connectivity index (χ4v) is 1.31. The summed E-state index contributed by atoms with van der Waals surface area (Å²) in [4.78, 5) is 21.7. The highest BCUT2D eigenvalue weighted by Crippen LogP contribution is 2.09. The summed E-state index contributed by atoms with van der Waals surface area (Å²) in [6.45, 7) is 0. The lowest BCUT2D eigenvalue weighted by molar-refractivity contribution is -0.141. The van der Waals surface area contributed by atoms with E-state index in [2.05, 4.69) is 0 Å². The normalized spacial score (nSPS) is 12.5. The number of hydrogen-bond donors (Lipinski definition) is 0. The Labute approximate surface area is 96.4 Å². The molecule has 1 aromatic rings. The van der Waals surface area contributed by atoms with E-state index in [1.807, 2.05) is 0 Å². The molecular weight excluding hydrogens is 233 g/mol. The predicted molar refractivity (Wildman–Crippen MR) is 55.7 cm³/mol. The van der Waals surface area contributed by atoms with Gasteiger partial charge in [-0.25, -0.2) is 13.2 Å². The molecule has 0 aliphatic carbocycles. The molecule has 0 saturated carbocycles. The number of aryl methyl sites for hydroxylation is 1. The number of carbonyl (C=O) groups is 2. The van der Waals surface area contributed by atoms with Crippen molar-refractivity contribution >= 4 is 11.6 Å². The molecule has 0 spiro atoms. The van der Waals surface area contributed by atoms with Crippen molar-refractivity contribution in [3.63, 3.8) is 0 Å². The highest BCUT2D eigenvalue weighted by Gasteiger charge is 2.31. The number of carbonyl (C=O) groups excluding carboxylic acids is 2. The van der Waals surface area contributed by atoms with Crippen LogP contribution < -0.4 is 0 Å². The zero-order valence-corrected chi connectivity index (χ0v) is 8.91. The van der Waals surface area contributed by atoms with E-state index in [9.17, 15) is 22.8 Å². The molecule has 0 fully saturated rings. The third-order valence-corrected chi connectivity index (χ3v) is 2.25. The first-order chi connectivity index (χ1) is 8.02. The number of alkyl halides is 3. The minimum Gasteiger partial charge on any atom is -0.296 e. The smallest absolute Gasteiger partial charge is 0.296 e. The molecule has 0 radical (unpaired) electrons. The van der Waals surface area contributed by atoms with Crippen LogP contribution in [-0.4, -0.2) is 24.2 Å². The Morgan fingerprint density at radius 3 is 2.18 bits per heavy atom. The summed E-state index contributed by atoms with van der Waals surface area (Å²) in [6, 6.07) is 8.74. The fraction of sp³-hybridized carbons (Fsp3) is 0.333. The molecule has 1 rings (SSSR count). The van der Waals surface area contributed by atoms with Crippen LogP contribution in [0.5, 0.6) is 0 Å². The minimum atomic E-state index is -3.44. The van der Waals surface area contributed by atoms with Gasteiger partial charge in [0.05, 0.1) is 0 Å². The summed E-state index contributed by atoms with van der Waals surface area (Å²) >= 11 is 0. The average Bonchev–Trinajstić information content (AvgIpc) is 2.35. The molecule has 0 N–H and O–H groups in total. The summed E-state index contributed by atoms with van der Waals surface area (Å²) in [5.74, 6) is -3.05. The summed E-state index contributed by atoms with van der Waals surface area (Å²) in [5, 5.41) is 0. The van der Waals surface area contributed by atoms with Crippen molar-refractivity contribution in [2.45, 2.75) is 25.4 Å². The Balaban J connectivity index is 2.48. The standard InChI is InChI=1S/C12H11F3O2/c13-10(11(17)12(14)15)9(16)7-6-8-4-2-1-3-5-8/h1-5,10,12H,6-7H2. The largest absolute Gasteiger partial charge is 0.299 e. The molecule has 92 valence electrons. The van der Waals surface area contributed by atoms with Gasteiger partial charge in [-0.1, -0.05) is 30.3 Å². The van der Waals surface area contributed by atoms with Gasteiger partial charge in [-0.2, -0.15) is 0 Å². The van der Waals surface area contributed by atoms with Crippen LogP contribution in [0.25, 0.3) is 0 Å².